The van der Waals surface area contributed by atoms with E-state index in [1.807, 2.05) is 35.7 Å². The molecule has 3 rings (SSSR count). The van der Waals surface area contributed by atoms with Crippen LogP contribution < -0.4 is 5.32 Å². The Kier molecular flexibility index (Phi) is 5.53. The van der Waals surface area contributed by atoms with Crippen LogP contribution in [0.15, 0.2) is 41.8 Å². The van der Waals surface area contributed by atoms with Crippen molar-refractivity contribution in [3.63, 3.8) is 0 Å². The molecule has 1 saturated heterocycles. The first-order valence-electron chi connectivity index (χ1n) is 8.02. The molecule has 1 N–H and O–H groups in total. The number of nitrogens with one attached hydrogen (secondary N) is 1. The van der Waals surface area contributed by atoms with E-state index in [9.17, 15) is 9.59 Å². The highest BCUT2D eigenvalue weighted by Crippen LogP contribution is 2.22. The van der Waals surface area contributed by atoms with E-state index in [1.165, 1.54) is 11.3 Å². The average Bonchev–Trinajstić information content (AvgIpc) is 3.26. The molecule has 1 atom stereocenters. The summed E-state index contributed by atoms with van der Waals surface area (Å²) in [5, 5.41) is 5.53. The van der Waals surface area contributed by atoms with E-state index < -0.39 is 0 Å². The number of rotatable bonds is 5. The zero-order valence-electron chi connectivity index (χ0n) is 13.2. The van der Waals surface area contributed by atoms with Gasteiger partial charge in [-0.15, -0.1) is 11.3 Å². The number of thiophene rings is 1. The van der Waals surface area contributed by atoms with Crippen molar-refractivity contribution in [2.75, 3.05) is 13.1 Å². The molecule has 2 heterocycles. The quantitative estimate of drug-likeness (QED) is 0.886. The highest BCUT2D eigenvalue weighted by molar-refractivity contribution is 7.12. The maximum Gasteiger partial charge on any atom is 0.264 e. The van der Waals surface area contributed by atoms with Crippen molar-refractivity contribution in [3.8, 4) is 0 Å². The smallest absolute Gasteiger partial charge is 0.264 e. The summed E-state index contributed by atoms with van der Waals surface area (Å²) in [6.07, 6.45) is 2.31. The van der Waals surface area contributed by atoms with Crippen LogP contribution in [-0.2, 0) is 11.2 Å². The van der Waals surface area contributed by atoms with Crippen LogP contribution in [0.3, 0.4) is 0 Å². The highest BCUT2D eigenvalue weighted by Gasteiger charge is 2.34. The number of benzene rings is 1. The maximum absolute atomic E-state index is 12.5. The number of halogens is 1. The van der Waals surface area contributed by atoms with Gasteiger partial charge in [0.1, 0.15) is 6.04 Å². The molecule has 1 fully saturated rings. The minimum atomic E-state index is -0.362. The molecule has 2 aromatic rings. The van der Waals surface area contributed by atoms with Crippen molar-refractivity contribution >= 4 is 34.8 Å². The Balaban J connectivity index is 1.55. The fourth-order valence-corrected chi connectivity index (χ4v) is 3.86. The summed E-state index contributed by atoms with van der Waals surface area (Å²) >= 11 is 7.37. The monoisotopic (exact) mass is 362 g/mol. The van der Waals surface area contributed by atoms with E-state index in [1.54, 1.807) is 11.0 Å². The van der Waals surface area contributed by atoms with Crippen LogP contribution in [0.25, 0.3) is 0 Å². The van der Waals surface area contributed by atoms with Gasteiger partial charge in [-0.05, 0) is 48.4 Å². The lowest BCUT2D eigenvalue weighted by Gasteiger charge is -2.23. The van der Waals surface area contributed by atoms with Gasteiger partial charge >= 0.3 is 0 Å². The van der Waals surface area contributed by atoms with E-state index in [0.29, 0.717) is 23.0 Å². The molecule has 0 bridgehead atoms. The molecule has 1 aromatic heterocycles. The molecular formula is C18H19ClN2O2S. The lowest BCUT2D eigenvalue weighted by atomic mass is 10.1. The first-order chi connectivity index (χ1) is 11.6. The zero-order chi connectivity index (χ0) is 16.9. The summed E-state index contributed by atoms with van der Waals surface area (Å²) < 4.78 is 0. The van der Waals surface area contributed by atoms with Crippen LogP contribution in [0.5, 0.6) is 0 Å². The van der Waals surface area contributed by atoms with Gasteiger partial charge in [-0.25, -0.2) is 0 Å². The second-order valence-electron chi connectivity index (χ2n) is 5.80. The van der Waals surface area contributed by atoms with Crippen molar-refractivity contribution in [2.45, 2.75) is 25.3 Å². The van der Waals surface area contributed by atoms with E-state index >= 15 is 0 Å². The van der Waals surface area contributed by atoms with E-state index in [0.717, 1.165) is 24.8 Å². The number of likely N-dealkylation sites (tertiary alicyclic amines) is 1. The van der Waals surface area contributed by atoms with Gasteiger partial charge in [-0.1, -0.05) is 29.8 Å². The van der Waals surface area contributed by atoms with Crippen LogP contribution in [-0.4, -0.2) is 35.8 Å². The number of amides is 2. The summed E-state index contributed by atoms with van der Waals surface area (Å²) in [5.41, 5.74) is 1.08. The van der Waals surface area contributed by atoms with Crippen molar-refractivity contribution in [3.05, 3.63) is 57.2 Å². The van der Waals surface area contributed by atoms with E-state index in [4.69, 9.17) is 11.6 Å². The van der Waals surface area contributed by atoms with Crippen molar-refractivity contribution in [1.82, 2.24) is 10.2 Å². The highest BCUT2D eigenvalue weighted by atomic mass is 35.5. The number of carbonyl (C=O) groups excluding carboxylic acids is 2. The Morgan fingerprint density at radius 1 is 1.29 bits per heavy atom. The molecule has 24 heavy (non-hydrogen) atoms. The van der Waals surface area contributed by atoms with Crippen molar-refractivity contribution in [2.24, 2.45) is 0 Å². The number of hydrogen-bond donors (Lipinski definition) is 1. The molecule has 0 unspecified atom stereocenters. The van der Waals surface area contributed by atoms with Gasteiger partial charge in [0.25, 0.3) is 5.91 Å². The van der Waals surface area contributed by atoms with Gasteiger partial charge in [-0.3, -0.25) is 9.59 Å². The molecule has 6 heteroatoms. The van der Waals surface area contributed by atoms with Gasteiger partial charge in [0.2, 0.25) is 5.91 Å². The fraction of sp³-hybridized carbons (Fsp3) is 0.333. The molecule has 126 valence electrons. The largest absolute Gasteiger partial charge is 0.354 e. The van der Waals surface area contributed by atoms with Gasteiger partial charge in [-0.2, -0.15) is 0 Å². The van der Waals surface area contributed by atoms with Crippen LogP contribution in [0.1, 0.15) is 28.1 Å². The van der Waals surface area contributed by atoms with Crippen molar-refractivity contribution < 1.29 is 9.59 Å². The zero-order valence-corrected chi connectivity index (χ0v) is 14.8. The van der Waals surface area contributed by atoms with Crippen molar-refractivity contribution in [1.29, 1.82) is 0 Å². The fourth-order valence-electron chi connectivity index (χ4n) is 2.96. The summed E-state index contributed by atoms with van der Waals surface area (Å²) in [4.78, 5) is 27.3. The average molecular weight is 363 g/mol. The van der Waals surface area contributed by atoms with Crippen LogP contribution in [0.2, 0.25) is 5.02 Å². The SMILES string of the molecule is O=C(NCCc1cccc(Cl)c1)[C@@H]1CCCN1C(=O)c1cccs1. The summed E-state index contributed by atoms with van der Waals surface area (Å²) in [6, 6.07) is 10.9. The Labute approximate surface area is 150 Å². The molecule has 4 nitrogen and oxygen atoms in total. The summed E-state index contributed by atoms with van der Waals surface area (Å²) in [6.45, 7) is 1.18. The van der Waals surface area contributed by atoms with E-state index in [-0.39, 0.29) is 17.9 Å². The molecule has 0 aliphatic carbocycles. The lowest BCUT2D eigenvalue weighted by molar-refractivity contribution is -0.124. The second-order valence-corrected chi connectivity index (χ2v) is 7.19. The molecule has 0 spiro atoms. The third-order valence-corrected chi connectivity index (χ3v) is 5.24. The predicted octanol–water partition coefficient (Wildman–Crippen LogP) is 3.37. The molecule has 1 aromatic carbocycles. The minimum Gasteiger partial charge on any atom is -0.354 e. The molecular weight excluding hydrogens is 344 g/mol. The van der Waals surface area contributed by atoms with Gasteiger partial charge < -0.3 is 10.2 Å². The molecule has 2 amide bonds. The molecule has 0 radical (unpaired) electrons. The Morgan fingerprint density at radius 3 is 2.92 bits per heavy atom. The second kappa shape index (κ2) is 7.81. The first-order valence-corrected chi connectivity index (χ1v) is 9.27. The minimum absolute atomic E-state index is 0.0440. The lowest BCUT2D eigenvalue weighted by Crippen LogP contribution is -2.46. The summed E-state index contributed by atoms with van der Waals surface area (Å²) in [5.74, 6) is -0.114. The van der Waals surface area contributed by atoms with Gasteiger partial charge in [0.05, 0.1) is 4.88 Å². The third-order valence-electron chi connectivity index (χ3n) is 4.15. The van der Waals surface area contributed by atoms with E-state index in [2.05, 4.69) is 5.32 Å². The Morgan fingerprint density at radius 2 is 2.17 bits per heavy atom. The molecule has 1 aliphatic rings. The maximum atomic E-state index is 12.5. The standard InChI is InChI=1S/C18H19ClN2O2S/c19-14-5-1-4-13(12-14)8-9-20-17(22)15-6-2-10-21(15)18(23)16-7-3-11-24-16/h1,3-5,7,11-12,15H,2,6,8-10H2,(H,20,22)/t15-/m0/s1. The normalized spacial score (nSPS) is 17.0. The Hall–Kier alpha value is -1.85. The third kappa shape index (κ3) is 3.97. The van der Waals surface area contributed by atoms with Gasteiger partial charge in [0, 0.05) is 18.1 Å². The molecule has 1 aliphatic heterocycles. The van der Waals surface area contributed by atoms with Crippen LogP contribution in [0.4, 0.5) is 0 Å². The number of hydrogen-bond acceptors (Lipinski definition) is 3. The number of carbonyl (C=O) groups is 2. The topological polar surface area (TPSA) is 49.4 Å². The predicted molar refractivity (Wildman–Crippen MR) is 96.5 cm³/mol. The molecule has 0 saturated carbocycles. The van der Waals surface area contributed by atoms with Gasteiger partial charge in [0.15, 0.2) is 0 Å². The number of nitrogens with zero attached hydrogens (tertiary/aromatic N) is 1. The Bertz CT molecular complexity index is 718. The van der Waals surface area contributed by atoms with Crippen LogP contribution in [0, 0.1) is 0 Å². The van der Waals surface area contributed by atoms with Crippen LogP contribution >= 0.6 is 22.9 Å². The summed E-state index contributed by atoms with van der Waals surface area (Å²) in [7, 11) is 0. The first kappa shape index (κ1) is 17.0.